The van der Waals surface area contributed by atoms with Gasteiger partial charge in [0.15, 0.2) is 5.88 Å². The Morgan fingerprint density at radius 2 is 1.68 bits per heavy atom. The minimum absolute atomic E-state index is 0.00723. The van der Waals surface area contributed by atoms with E-state index in [1.165, 1.54) is 0 Å². The molecule has 0 saturated heterocycles. The number of para-hydroxylation sites is 1. The average molecular weight is 366 g/mol. The maximum Gasteiger partial charge on any atom is 0.199 e. The Labute approximate surface area is 161 Å². The molecular weight excluding hydrogens is 348 g/mol. The van der Waals surface area contributed by atoms with Crippen molar-refractivity contribution < 1.29 is 10.2 Å². The number of hydrogen-bond acceptors (Lipinski definition) is 3. The van der Waals surface area contributed by atoms with Crippen molar-refractivity contribution >= 4 is 21.8 Å². The van der Waals surface area contributed by atoms with Crippen LogP contribution in [0.3, 0.4) is 0 Å². The summed E-state index contributed by atoms with van der Waals surface area (Å²) in [6.45, 7) is 0.00723. The number of aromatic amines is 1. The van der Waals surface area contributed by atoms with Gasteiger partial charge in [0.05, 0.1) is 23.4 Å². The molecule has 0 atom stereocenters. The fraction of sp³-hybridized carbons (Fsp3) is 0.0417. The van der Waals surface area contributed by atoms with Crippen molar-refractivity contribution in [3.63, 3.8) is 0 Å². The van der Waals surface area contributed by atoms with Crippen molar-refractivity contribution in [2.75, 3.05) is 0 Å². The van der Waals surface area contributed by atoms with Crippen LogP contribution in [0.4, 0.5) is 0 Å². The number of nitrogens with one attached hydrogen (secondary N) is 1. The number of rotatable bonds is 3. The maximum atomic E-state index is 10.6. The number of H-pyrrole nitrogens is 1. The van der Waals surface area contributed by atoms with Crippen LogP contribution in [0, 0.1) is 0 Å². The molecular formula is C24H18N2O2. The molecule has 0 saturated carbocycles. The number of aliphatic hydroxyl groups excluding tert-OH is 1. The molecule has 0 bridgehead atoms. The first kappa shape index (κ1) is 16.5. The highest BCUT2D eigenvalue weighted by molar-refractivity contribution is 6.01. The first-order chi connectivity index (χ1) is 13.7. The lowest BCUT2D eigenvalue weighted by Gasteiger charge is -2.06. The van der Waals surface area contributed by atoms with Gasteiger partial charge < -0.3 is 15.2 Å². The first-order valence-corrected chi connectivity index (χ1v) is 9.14. The van der Waals surface area contributed by atoms with Gasteiger partial charge in [-0.15, -0.1) is 0 Å². The highest BCUT2D eigenvalue weighted by atomic mass is 16.3. The predicted octanol–water partition coefficient (Wildman–Crippen LogP) is 5.25. The summed E-state index contributed by atoms with van der Waals surface area (Å²) in [6, 6.07) is 25.7. The van der Waals surface area contributed by atoms with Gasteiger partial charge in [-0.2, -0.15) is 0 Å². The lowest BCUT2D eigenvalue weighted by atomic mass is 10.00. The van der Waals surface area contributed by atoms with E-state index in [1.807, 2.05) is 78.9 Å². The van der Waals surface area contributed by atoms with Crippen molar-refractivity contribution in [2.24, 2.45) is 0 Å². The standard InChI is InChI=1S/C24H18N2O2/c27-14-15-4-3-6-17(12-15)18-9-10-21-19(13-18)23(24(28)26-21)22-11-8-16-5-1-2-7-20(16)25-22/h1-13,26-28H,14H2. The summed E-state index contributed by atoms with van der Waals surface area (Å²) in [5.41, 5.74) is 6.07. The number of aliphatic hydroxyl groups is 1. The molecule has 3 aromatic carbocycles. The molecule has 0 spiro atoms. The lowest BCUT2D eigenvalue weighted by Crippen LogP contribution is -1.86. The van der Waals surface area contributed by atoms with E-state index in [1.54, 1.807) is 0 Å². The Kier molecular flexibility index (Phi) is 3.85. The fourth-order valence-corrected chi connectivity index (χ4v) is 3.67. The van der Waals surface area contributed by atoms with Gasteiger partial charge in [-0.25, -0.2) is 4.98 Å². The van der Waals surface area contributed by atoms with Crippen molar-refractivity contribution in [2.45, 2.75) is 6.61 Å². The highest BCUT2D eigenvalue weighted by Gasteiger charge is 2.15. The van der Waals surface area contributed by atoms with Gasteiger partial charge >= 0.3 is 0 Å². The van der Waals surface area contributed by atoms with Crippen LogP contribution < -0.4 is 0 Å². The third-order valence-electron chi connectivity index (χ3n) is 5.08. The largest absolute Gasteiger partial charge is 0.494 e. The van der Waals surface area contributed by atoms with E-state index in [9.17, 15) is 10.2 Å². The minimum atomic E-state index is 0.00723. The third-order valence-corrected chi connectivity index (χ3v) is 5.08. The summed E-state index contributed by atoms with van der Waals surface area (Å²) < 4.78 is 0. The summed E-state index contributed by atoms with van der Waals surface area (Å²) in [6.07, 6.45) is 0. The van der Waals surface area contributed by atoms with E-state index in [2.05, 4.69) is 4.98 Å². The zero-order valence-corrected chi connectivity index (χ0v) is 15.1. The molecule has 2 aromatic heterocycles. The van der Waals surface area contributed by atoms with Gasteiger partial charge in [-0.05, 0) is 47.0 Å². The topological polar surface area (TPSA) is 69.1 Å². The van der Waals surface area contributed by atoms with E-state index >= 15 is 0 Å². The van der Waals surface area contributed by atoms with Crippen LogP contribution in [0.1, 0.15) is 5.56 Å². The Morgan fingerprint density at radius 3 is 2.57 bits per heavy atom. The molecule has 0 aliphatic carbocycles. The Morgan fingerprint density at radius 1 is 0.821 bits per heavy atom. The predicted molar refractivity (Wildman–Crippen MR) is 112 cm³/mol. The van der Waals surface area contributed by atoms with Gasteiger partial charge in [0.25, 0.3) is 0 Å². The van der Waals surface area contributed by atoms with Crippen LogP contribution in [0.15, 0.2) is 78.9 Å². The van der Waals surface area contributed by atoms with Gasteiger partial charge in [-0.3, -0.25) is 0 Å². The maximum absolute atomic E-state index is 10.6. The highest BCUT2D eigenvalue weighted by Crippen LogP contribution is 2.38. The minimum Gasteiger partial charge on any atom is -0.494 e. The van der Waals surface area contributed by atoms with Crippen LogP contribution in [0.25, 0.3) is 44.2 Å². The number of aromatic nitrogens is 2. The summed E-state index contributed by atoms with van der Waals surface area (Å²) in [5, 5.41) is 22.0. The second-order valence-electron chi connectivity index (χ2n) is 6.86. The number of pyridine rings is 1. The summed E-state index contributed by atoms with van der Waals surface area (Å²) in [4.78, 5) is 7.80. The Bertz CT molecular complexity index is 1320. The molecule has 28 heavy (non-hydrogen) atoms. The quantitative estimate of drug-likeness (QED) is 0.408. The van der Waals surface area contributed by atoms with E-state index in [0.717, 1.165) is 44.2 Å². The van der Waals surface area contributed by atoms with Gasteiger partial charge in [-0.1, -0.05) is 48.5 Å². The first-order valence-electron chi connectivity index (χ1n) is 9.14. The van der Waals surface area contributed by atoms with Crippen molar-refractivity contribution in [1.29, 1.82) is 0 Å². The van der Waals surface area contributed by atoms with Gasteiger partial charge in [0.2, 0.25) is 0 Å². The normalized spacial score (nSPS) is 11.3. The molecule has 0 amide bonds. The SMILES string of the molecule is OCc1cccc(-c2ccc3[nH]c(O)c(-c4ccc5ccccc5n4)c3c2)c1. The van der Waals surface area contributed by atoms with Crippen LogP contribution in [-0.2, 0) is 6.61 Å². The van der Waals surface area contributed by atoms with Crippen LogP contribution >= 0.6 is 0 Å². The molecule has 5 rings (SSSR count). The molecule has 4 nitrogen and oxygen atoms in total. The second-order valence-corrected chi connectivity index (χ2v) is 6.86. The molecule has 0 fully saturated rings. The molecule has 0 radical (unpaired) electrons. The summed E-state index contributed by atoms with van der Waals surface area (Å²) in [7, 11) is 0. The lowest BCUT2D eigenvalue weighted by molar-refractivity contribution is 0.282. The number of hydrogen-bond donors (Lipinski definition) is 3. The molecule has 136 valence electrons. The smallest absolute Gasteiger partial charge is 0.199 e. The summed E-state index contributed by atoms with van der Waals surface area (Å²) in [5.74, 6) is 0.110. The van der Waals surface area contributed by atoms with E-state index in [0.29, 0.717) is 5.56 Å². The monoisotopic (exact) mass is 366 g/mol. The molecule has 3 N–H and O–H groups in total. The molecule has 0 aliphatic rings. The van der Waals surface area contributed by atoms with Crippen molar-refractivity contribution in [3.8, 4) is 28.3 Å². The average Bonchev–Trinajstić information content (AvgIpc) is 3.08. The summed E-state index contributed by atoms with van der Waals surface area (Å²) >= 11 is 0. The van der Waals surface area contributed by atoms with Crippen LogP contribution in [0.2, 0.25) is 0 Å². The zero-order valence-electron chi connectivity index (χ0n) is 15.1. The Balaban J connectivity index is 1.70. The van der Waals surface area contributed by atoms with E-state index < -0.39 is 0 Å². The molecule has 2 heterocycles. The number of fused-ring (bicyclic) bond motifs is 2. The van der Waals surface area contributed by atoms with Gasteiger partial charge in [0, 0.05) is 16.3 Å². The van der Waals surface area contributed by atoms with Crippen LogP contribution in [0.5, 0.6) is 5.88 Å². The second kappa shape index (κ2) is 6.51. The fourth-order valence-electron chi connectivity index (χ4n) is 3.67. The number of nitrogens with zero attached hydrogens (tertiary/aromatic N) is 1. The molecule has 4 heteroatoms. The Hall–Kier alpha value is -3.63. The van der Waals surface area contributed by atoms with Crippen molar-refractivity contribution in [1.82, 2.24) is 9.97 Å². The zero-order chi connectivity index (χ0) is 19.1. The van der Waals surface area contributed by atoms with E-state index in [4.69, 9.17) is 4.98 Å². The van der Waals surface area contributed by atoms with Crippen molar-refractivity contribution in [3.05, 3.63) is 84.4 Å². The number of benzene rings is 3. The van der Waals surface area contributed by atoms with E-state index in [-0.39, 0.29) is 12.5 Å². The third kappa shape index (κ3) is 2.71. The molecule has 5 aromatic rings. The van der Waals surface area contributed by atoms with Gasteiger partial charge in [0.1, 0.15) is 0 Å². The molecule has 0 unspecified atom stereocenters. The number of aromatic hydroxyl groups is 1. The molecule has 0 aliphatic heterocycles. The van der Waals surface area contributed by atoms with Crippen LogP contribution in [-0.4, -0.2) is 20.2 Å².